The molecule has 9 nitrogen and oxygen atoms in total. The number of halogens is 1. The van der Waals surface area contributed by atoms with Crippen LogP contribution in [0.4, 0.5) is 16.2 Å². The lowest BCUT2D eigenvalue weighted by Crippen LogP contribution is -2.43. The summed E-state index contributed by atoms with van der Waals surface area (Å²) in [5.41, 5.74) is 3.59. The molecule has 35 heavy (non-hydrogen) atoms. The first-order chi connectivity index (χ1) is 16.9. The molecule has 4 aromatic rings. The van der Waals surface area contributed by atoms with Gasteiger partial charge in [-0.15, -0.1) is 0 Å². The number of pyridine rings is 2. The van der Waals surface area contributed by atoms with E-state index < -0.39 is 5.82 Å². The third-order valence-corrected chi connectivity index (χ3v) is 6.37. The first-order valence-electron chi connectivity index (χ1n) is 11.9. The van der Waals surface area contributed by atoms with Crippen LogP contribution in [0.2, 0.25) is 0 Å². The smallest absolute Gasteiger partial charge is 0.229 e. The summed E-state index contributed by atoms with van der Waals surface area (Å²) in [6, 6.07) is 5.84. The van der Waals surface area contributed by atoms with E-state index in [4.69, 9.17) is 0 Å². The van der Waals surface area contributed by atoms with Gasteiger partial charge in [-0.05, 0) is 30.7 Å². The Kier molecular flexibility index (Phi) is 6.40. The molecule has 5 rings (SSSR count). The van der Waals surface area contributed by atoms with Crippen molar-refractivity contribution in [2.75, 3.05) is 38.5 Å². The number of aromatic nitrogens is 6. The molecule has 1 N–H and O–H groups in total. The molecule has 0 radical (unpaired) electrons. The Morgan fingerprint density at radius 1 is 1.00 bits per heavy atom. The van der Waals surface area contributed by atoms with Gasteiger partial charge in [-0.25, -0.2) is 24.3 Å². The van der Waals surface area contributed by atoms with Crippen LogP contribution in [0.15, 0.2) is 36.8 Å². The van der Waals surface area contributed by atoms with E-state index in [0.29, 0.717) is 17.0 Å². The second-order valence-electron chi connectivity index (χ2n) is 9.40. The van der Waals surface area contributed by atoms with Gasteiger partial charge in [0.15, 0.2) is 11.5 Å². The molecular formula is C25H30FN9. The topological polar surface area (TPSA) is 87.9 Å². The van der Waals surface area contributed by atoms with Crippen LogP contribution in [-0.4, -0.2) is 72.7 Å². The van der Waals surface area contributed by atoms with Gasteiger partial charge in [0.05, 0.1) is 11.9 Å². The third kappa shape index (κ3) is 4.98. The fourth-order valence-corrected chi connectivity index (χ4v) is 4.51. The zero-order valence-electron chi connectivity index (χ0n) is 20.5. The normalized spacial score (nSPS) is 15.3. The van der Waals surface area contributed by atoms with Crippen molar-refractivity contribution in [2.45, 2.75) is 26.3 Å². The Balaban J connectivity index is 1.35. The summed E-state index contributed by atoms with van der Waals surface area (Å²) in [6.07, 6.45) is 4.63. The van der Waals surface area contributed by atoms with Crippen molar-refractivity contribution in [1.29, 1.82) is 0 Å². The average Bonchev–Trinajstić information content (AvgIpc) is 3.18. The number of nitrogens with zero attached hydrogens (tertiary/aromatic N) is 8. The first-order valence-corrected chi connectivity index (χ1v) is 11.9. The van der Waals surface area contributed by atoms with Crippen molar-refractivity contribution in [3.63, 3.8) is 0 Å². The predicted molar refractivity (Wildman–Crippen MR) is 134 cm³/mol. The van der Waals surface area contributed by atoms with Crippen LogP contribution >= 0.6 is 0 Å². The maximum absolute atomic E-state index is 14.7. The van der Waals surface area contributed by atoms with E-state index in [2.05, 4.69) is 61.0 Å². The lowest BCUT2D eigenvalue weighted by atomic mass is 10.1. The molecule has 0 aromatic carbocycles. The standard InChI is InChI=1S/C25H30FN9/c1-16(2)23-19-11-18(13-28-24(19)32-34(23)4)22-20(26)14-29-25(31-22)30-21-6-5-17(12-27-21)15-35-9-7-33(3)8-10-35/h5-6,11-14,16H,7-10,15H2,1-4H3,(H,27,29,30,31). The SMILES string of the molecule is CC(C)c1c2cc(-c3nc(Nc4ccc(CN5CCN(C)CC5)cn4)ncc3F)cnc2nn1C. The summed E-state index contributed by atoms with van der Waals surface area (Å²) < 4.78 is 16.6. The lowest BCUT2D eigenvalue weighted by Gasteiger charge is -2.32. The highest BCUT2D eigenvalue weighted by Crippen LogP contribution is 2.29. The maximum atomic E-state index is 14.7. The second-order valence-corrected chi connectivity index (χ2v) is 9.40. The molecule has 0 unspecified atom stereocenters. The van der Waals surface area contributed by atoms with Crippen molar-refractivity contribution < 1.29 is 4.39 Å². The number of aryl methyl sites for hydroxylation is 1. The van der Waals surface area contributed by atoms with Gasteiger partial charge in [0, 0.05) is 63.1 Å². The zero-order chi connectivity index (χ0) is 24.5. The molecule has 1 aliphatic heterocycles. The van der Waals surface area contributed by atoms with Gasteiger partial charge >= 0.3 is 0 Å². The molecule has 1 aliphatic rings. The van der Waals surface area contributed by atoms with E-state index in [1.807, 2.05) is 36.1 Å². The number of likely N-dealkylation sites (N-methyl/N-ethyl adjacent to an activating group) is 1. The first kappa shape index (κ1) is 23.3. The zero-order valence-corrected chi connectivity index (χ0v) is 20.5. The van der Waals surface area contributed by atoms with Gasteiger partial charge in [-0.3, -0.25) is 9.58 Å². The van der Waals surface area contributed by atoms with E-state index in [0.717, 1.165) is 49.4 Å². The van der Waals surface area contributed by atoms with Gasteiger partial charge in [-0.2, -0.15) is 5.10 Å². The Hall–Kier alpha value is -3.50. The maximum Gasteiger partial charge on any atom is 0.229 e. The molecule has 1 saturated heterocycles. The van der Waals surface area contributed by atoms with Gasteiger partial charge in [0.2, 0.25) is 5.95 Å². The molecule has 5 heterocycles. The number of anilines is 2. The fourth-order valence-electron chi connectivity index (χ4n) is 4.51. The van der Waals surface area contributed by atoms with Crippen LogP contribution in [0.1, 0.15) is 31.0 Å². The number of fused-ring (bicyclic) bond motifs is 1. The second kappa shape index (κ2) is 9.63. The number of piperazine rings is 1. The summed E-state index contributed by atoms with van der Waals surface area (Å²) >= 11 is 0. The molecule has 0 atom stereocenters. The summed E-state index contributed by atoms with van der Waals surface area (Å²) in [6.45, 7) is 9.35. The van der Waals surface area contributed by atoms with E-state index in [1.165, 1.54) is 6.20 Å². The third-order valence-electron chi connectivity index (χ3n) is 6.37. The molecule has 0 spiro atoms. The monoisotopic (exact) mass is 475 g/mol. The van der Waals surface area contributed by atoms with Crippen LogP contribution < -0.4 is 5.32 Å². The highest BCUT2D eigenvalue weighted by molar-refractivity contribution is 5.83. The van der Waals surface area contributed by atoms with E-state index in [-0.39, 0.29) is 17.6 Å². The van der Waals surface area contributed by atoms with Gasteiger partial charge < -0.3 is 10.2 Å². The molecular weight excluding hydrogens is 445 g/mol. The van der Waals surface area contributed by atoms with Gasteiger partial charge in [0.25, 0.3) is 0 Å². The fraction of sp³-hybridized carbons (Fsp3) is 0.400. The molecule has 0 aliphatic carbocycles. The van der Waals surface area contributed by atoms with E-state index in [9.17, 15) is 4.39 Å². The summed E-state index contributed by atoms with van der Waals surface area (Å²) in [7, 11) is 4.05. The van der Waals surface area contributed by atoms with Crippen LogP contribution in [-0.2, 0) is 13.6 Å². The average molecular weight is 476 g/mol. The molecule has 4 aromatic heterocycles. The highest BCUT2D eigenvalue weighted by atomic mass is 19.1. The van der Waals surface area contributed by atoms with E-state index in [1.54, 1.807) is 6.20 Å². The van der Waals surface area contributed by atoms with E-state index >= 15 is 0 Å². The summed E-state index contributed by atoms with van der Waals surface area (Å²) in [5.74, 6) is 0.616. The largest absolute Gasteiger partial charge is 0.309 e. The van der Waals surface area contributed by atoms with Crippen molar-refractivity contribution >= 4 is 22.8 Å². The molecule has 0 bridgehead atoms. The number of nitrogens with one attached hydrogen (secondary N) is 1. The van der Waals surface area contributed by atoms with Gasteiger partial charge in [0.1, 0.15) is 11.5 Å². The molecule has 0 saturated carbocycles. The summed E-state index contributed by atoms with van der Waals surface area (Å²) in [5, 5.41) is 8.45. The predicted octanol–water partition coefficient (Wildman–Crippen LogP) is 3.57. The molecule has 1 fully saturated rings. The lowest BCUT2D eigenvalue weighted by molar-refractivity contribution is 0.148. The van der Waals surface area contributed by atoms with Crippen LogP contribution in [0, 0.1) is 5.82 Å². The highest BCUT2D eigenvalue weighted by Gasteiger charge is 2.17. The molecule has 182 valence electrons. The van der Waals surface area contributed by atoms with Crippen molar-refractivity contribution in [1.82, 2.24) is 39.5 Å². The van der Waals surface area contributed by atoms with Crippen LogP contribution in [0.5, 0.6) is 0 Å². The van der Waals surface area contributed by atoms with Crippen LogP contribution in [0.25, 0.3) is 22.3 Å². The number of hydrogen-bond donors (Lipinski definition) is 1. The number of rotatable bonds is 6. The Bertz CT molecular complexity index is 1330. The minimum Gasteiger partial charge on any atom is -0.309 e. The Morgan fingerprint density at radius 2 is 1.80 bits per heavy atom. The molecule has 10 heteroatoms. The quantitative estimate of drug-likeness (QED) is 0.453. The minimum absolute atomic E-state index is 0.183. The van der Waals surface area contributed by atoms with Gasteiger partial charge in [-0.1, -0.05) is 19.9 Å². The van der Waals surface area contributed by atoms with Crippen molar-refractivity contribution in [3.05, 3.63) is 53.9 Å². The minimum atomic E-state index is -0.512. The van der Waals surface area contributed by atoms with Crippen molar-refractivity contribution in [3.8, 4) is 11.3 Å². The number of hydrogen-bond acceptors (Lipinski definition) is 8. The van der Waals surface area contributed by atoms with Crippen molar-refractivity contribution in [2.24, 2.45) is 7.05 Å². The molecule has 0 amide bonds. The Labute approximate surface area is 204 Å². The Morgan fingerprint density at radius 3 is 2.51 bits per heavy atom. The van der Waals surface area contributed by atoms with Crippen LogP contribution in [0.3, 0.4) is 0 Å². The summed E-state index contributed by atoms with van der Waals surface area (Å²) in [4.78, 5) is 22.3.